The van der Waals surface area contributed by atoms with E-state index in [4.69, 9.17) is 0 Å². The quantitative estimate of drug-likeness (QED) is 0.488. The Kier molecular flexibility index (Phi) is 3.43. The third-order valence-corrected chi connectivity index (χ3v) is 5.08. The number of carboxylic acids is 1. The fraction of sp³-hybridized carbons (Fsp3) is 0.800. The van der Waals surface area contributed by atoms with E-state index in [1.807, 2.05) is 27.7 Å². The van der Waals surface area contributed by atoms with E-state index in [9.17, 15) is 20.0 Å². The fourth-order valence-electron chi connectivity index (χ4n) is 4.82. The van der Waals surface area contributed by atoms with Crippen molar-refractivity contribution in [1.82, 2.24) is 0 Å². The summed E-state index contributed by atoms with van der Waals surface area (Å²) in [4.78, 5) is 22.6. The lowest BCUT2D eigenvalue weighted by atomic mass is 9.45. The van der Waals surface area contributed by atoms with Gasteiger partial charge in [0.25, 0.3) is 0 Å². The number of carbonyl (C=O) groups is 1. The Morgan fingerprint density at radius 2 is 2.20 bits per heavy atom. The second-order valence-corrected chi connectivity index (χ2v) is 7.49. The minimum atomic E-state index is -0.905. The van der Waals surface area contributed by atoms with Gasteiger partial charge in [-0.15, -0.1) is 0 Å². The number of hydrogen-bond donors (Lipinski definition) is 1. The lowest BCUT2D eigenvalue weighted by Gasteiger charge is -2.56. The Hall–Kier alpha value is -1.39. The van der Waals surface area contributed by atoms with Crippen molar-refractivity contribution < 1.29 is 14.8 Å². The van der Waals surface area contributed by atoms with Gasteiger partial charge in [0.15, 0.2) is 0 Å². The van der Waals surface area contributed by atoms with Crippen molar-refractivity contribution in [2.75, 3.05) is 6.54 Å². The van der Waals surface area contributed by atoms with Crippen molar-refractivity contribution in [2.24, 2.45) is 28.6 Å². The maximum atomic E-state index is 11.8. The van der Waals surface area contributed by atoms with Gasteiger partial charge in [0.05, 0.1) is 11.3 Å². The smallest absolute Gasteiger partial charge is 0.307 e. The number of allylic oxidation sites excluding steroid dienone is 2. The molecule has 1 fully saturated rings. The van der Waals surface area contributed by atoms with Crippen LogP contribution in [0.4, 0.5) is 0 Å². The lowest BCUT2D eigenvalue weighted by molar-refractivity contribution is -0.510. The highest BCUT2D eigenvalue weighted by molar-refractivity contribution is 5.72. The molecule has 20 heavy (non-hydrogen) atoms. The fourth-order valence-corrected chi connectivity index (χ4v) is 4.82. The molecule has 2 rings (SSSR count). The Bertz CT molecular complexity index is 477. The summed E-state index contributed by atoms with van der Waals surface area (Å²) in [6.07, 6.45) is 3.71. The van der Waals surface area contributed by atoms with Gasteiger partial charge in [-0.1, -0.05) is 32.4 Å². The van der Waals surface area contributed by atoms with Crippen LogP contribution in [0.25, 0.3) is 0 Å². The summed E-state index contributed by atoms with van der Waals surface area (Å²) < 4.78 is 0. The zero-order valence-corrected chi connectivity index (χ0v) is 12.5. The first-order valence-corrected chi connectivity index (χ1v) is 7.11. The zero-order valence-electron chi connectivity index (χ0n) is 12.5. The molecule has 112 valence electrons. The molecule has 0 amide bonds. The molecule has 0 heterocycles. The average molecular weight is 281 g/mol. The van der Waals surface area contributed by atoms with Gasteiger partial charge in [0.2, 0.25) is 6.54 Å². The molecule has 2 aliphatic carbocycles. The van der Waals surface area contributed by atoms with Crippen LogP contribution in [0, 0.1) is 38.7 Å². The average Bonchev–Trinajstić information content (AvgIpc) is 2.49. The third-order valence-electron chi connectivity index (χ3n) is 5.08. The van der Waals surface area contributed by atoms with Gasteiger partial charge in [-0.05, 0) is 37.0 Å². The van der Waals surface area contributed by atoms with Gasteiger partial charge in [-0.25, -0.2) is 0 Å². The summed E-state index contributed by atoms with van der Waals surface area (Å²) in [6, 6.07) is 0. The predicted octanol–water partition coefficient (Wildman–Crippen LogP) is 2.98. The van der Waals surface area contributed by atoms with Gasteiger partial charge in [-0.3, -0.25) is 14.9 Å². The van der Waals surface area contributed by atoms with Crippen LogP contribution in [0.1, 0.15) is 40.5 Å². The molecule has 5 nitrogen and oxygen atoms in total. The molecule has 0 aromatic carbocycles. The van der Waals surface area contributed by atoms with Gasteiger partial charge >= 0.3 is 5.97 Å². The number of hydrogen-bond acceptors (Lipinski definition) is 3. The van der Waals surface area contributed by atoms with Crippen LogP contribution >= 0.6 is 0 Å². The van der Waals surface area contributed by atoms with Crippen LogP contribution in [0.5, 0.6) is 0 Å². The Labute approximate surface area is 119 Å². The first kappa shape index (κ1) is 15.0. The SMILES string of the molecule is CC1=CC[C@H]2C[C@@](C[N+](=O)[O-])(C(C(=O)O)C(C)(C)C)[C@H]12. The van der Waals surface area contributed by atoms with Crippen molar-refractivity contribution in [3.63, 3.8) is 0 Å². The highest BCUT2D eigenvalue weighted by atomic mass is 16.6. The Morgan fingerprint density at radius 1 is 1.60 bits per heavy atom. The molecule has 0 aliphatic heterocycles. The molecule has 0 radical (unpaired) electrons. The Balaban J connectivity index is 2.45. The minimum Gasteiger partial charge on any atom is -0.481 e. The largest absolute Gasteiger partial charge is 0.481 e. The molecular formula is C15H23NO4. The maximum Gasteiger partial charge on any atom is 0.307 e. The summed E-state index contributed by atoms with van der Waals surface area (Å²) in [5.41, 5.74) is -0.0797. The van der Waals surface area contributed by atoms with Crippen LogP contribution in [0.2, 0.25) is 0 Å². The second kappa shape index (κ2) is 4.57. The first-order valence-electron chi connectivity index (χ1n) is 7.11. The number of nitro groups is 1. The van der Waals surface area contributed by atoms with Crippen molar-refractivity contribution in [3.8, 4) is 0 Å². The molecule has 0 spiro atoms. The van der Waals surface area contributed by atoms with E-state index < -0.39 is 22.7 Å². The van der Waals surface area contributed by atoms with E-state index >= 15 is 0 Å². The van der Waals surface area contributed by atoms with E-state index in [0.717, 1.165) is 12.0 Å². The molecule has 2 aliphatic rings. The molecular weight excluding hydrogens is 258 g/mol. The van der Waals surface area contributed by atoms with Crippen molar-refractivity contribution in [2.45, 2.75) is 40.5 Å². The maximum absolute atomic E-state index is 11.8. The Morgan fingerprint density at radius 3 is 2.60 bits per heavy atom. The summed E-state index contributed by atoms with van der Waals surface area (Å²) in [7, 11) is 0. The molecule has 5 heteroatoms. The van der Waals surface area contributed by atoms with Crippen molar-refractivity contribution in [3.05, 3.63) is 21.8 Å². The van der Waals surface area contributed by atoms with Crippen LogP contribution in [-0.4, -0.2) is 22.5 Å². The van der Waals surface area contributed by atoms with Crippen molar-refractivity contribution in [1.29, 1.82) is 0 Å². The van der Waals surface area contributed by atoms with Crippen molar-refractivity contribution >= 4 is 5.97 Å². The third kappa shape index (κ3) is 2.13. The summed E-state index contributed by atoms with van der Waals surface area (Å²) in [5.74, 6) is -1.13. The second-order valence-electron chi connectivity index (χ2n) is 7.49. The molecule has 0 saturated heterocycles. The topological polar surface area (TPSA) is 80.4 Å². The number of nitrogens with zero attached hydrogens (tertiary/aromatic N) is 1. The monoisotopic (exact) mass is 281 g/mol. The highest BCUT2D eigenvalue weighted by Crippen LogP contribution is 2.65. The predicted molar refractivity (Wildman–Crippen MR) is 74.8 cm³/mol. The van der Waals surface area contributed by atoms with E-state index in [-0.39, 0.29) is 17.4 Å². The summed E-state index contributed by atoms with van der Waals surface area (Å²) >= 11 is 0. The van der Waals surface area contributed by atoms with Gasteiger partial charge in [0, 0.05) is 4.92 Å². The summed E-state index contributed by atoms with van der Waals surface area (Å²) in [6.45, 7) is 7.35. The highest BCUT2D eigenvalue weighted by Gasteiger charge is 2.66. The molecule has 4 atom stereocenters. The number of rotatable bonds is 4. The van der Waals surface area contributed by atoms with Crippen LogP contribution in [0.3, 0.4) is 0 Å². The molecule has 0 bridgehead atoms. The minimum absolute atomic E-state index is 0.0632. The van der Waals surface area contributed by atoms with Gasteiger partial charge in [-0.2, -0.15) is 0 Å². The standard InChI is InChI=1S/C15H23NO4/c1-9-5-6-10-7-15(11(9)10,8-16(19)20)12(13(17)18)14(2,3)4/h5,10-12H,6-8H2,1-4H3,(H,17,18)/t10-,11+,12?,15-/m0/s1. The van der Waals surface area contributed by atoms with E-state index in [1.54, 1.807) is 0 Å². The molecule has 0 aromatic rings. The van der Waals surface area contributed by atoms with E-state index in [1.165, 1.54) is 0 Å². The molecule has 1 unspecified atom stereocenters. The zero-order chi connectivity index (χ0) is 15.3. The van der Waals surface area contributed by atoms with E-state index in [0.29, 0.717) is 12.3 Å². The number of aliphatic carboxylic acids is 1. The molecule has 1 saturated carbocycles. The number of fused-ring (bicyclic) bond motifs is 1. The van der Waals surface area contributed by atoms with Gasteiger partial charge < -0.3 is 5.11 Å². The van der Waals surface area contributed by atoms with Crippen LogP contribution in [-0.2, 0) is 4.79 Å². The molecule has 0 aromatic heterocycles. The summed E-state index contributed by atoms with van der Waals surface area (Å²) in [5, 5.41) is 20.8. The number of carboxylic acid groups (broad SMARTS) is 1. The first-order chi connectivity index (χ1) is 9.09. The van der Waals surface area contributed by atoms with Crippen LogP contribution in [0.15, 0.2) is 11.6 Å². The molecule has 1 N–H and O–H groups in total. The van der Waals surface area contributed by atoms with E-state index in [2.05, 4.69) is 6.08 Å². The lowest BCUT2D eigenvalue weighted by Crippen LogP contribution is -2.60. The van der Waals surface area contributed by atoms with Gasteiger partial charge in [0.1, 0.15) is 0 Å². The van der Waals surface area contributed by atoms with Crippen LogP contribution < -0.4 is 0 Å². The normalized spacial score (nSPS) is 33.9.